The number of nitrogens with zero attached hydrogens (tertiary/aromatic N) is 1. The van der Waals surface area contributed by atoms with Gasteiger partial charge in [0.1, 0.15) is 5.75 Å². The van der Waals surface area contributed by atoms with Gasteiger partial charge in [0.25, 0.3) is 0 Å². The first-order valence-corrected chi connectivity index (χ1v) is 7.28. The maximum Gasteiger partial charge on any atom is 0.362 e. The first kappa shape index (κ1) is 14.4. The van der Waals surface area contributed by atoms with Crippen LogP contribution >= 0.6 is 0 Å². The van der Waals surface area contributed by atoms with Crippen LogP contribution in [0.5, 0.6) is 5.75 Å². The summed E-state index contributed by atoms with van der Waals surface area (Å²) in [4.78, 5) is 2.07. The number of benzene rings is 2. The van der Waals surface area contributed by atoms with Gasteiger partial charge >= 0.3 is 11.3 Å². The summed E-state index contributed by atoms with van der Waals surface area (Å²) < 4.78 is 11.2. The molecule has 3 rings (SSSR count). The fourth-order valence-corrected chi connectivity index (χ4v) is 2.54. The third kappa shape index (κ3) is 2.62. The summed E-state index contributed by atoms with van der Waals surface area (Å²) in [6.45, 7) is 2.00. The van der Waals surface area contributed by atoms with Gasteiger partial charge in [0.05, 0.1) is 31.0 Å². The monoisotopic (exact) mass is 294 g/mol. The lowest BCUT2D eigenvalue weighted by molar-refractivity contribution is 0.415. The Morgan fingerprint density at radius 2 is 1.68 bits per heavy atom. The van der Waals surface area contributed by atoms with Crippen molar-refractivity contribution in [2.45, 2.75) is 6.92 Å². The quantitative estimate of drug-likeness (QED) is 0.650. The van der Waals surface area contributed by atoms with E-state index in [1.54, 1.807) is 7.11 Å². The number of ether oxygens (including phenoxy) is 1. The minimum atomic E-state index is 0.856. The maximum absolute atomic E-state index is 6.04. The lowest BCUT2D eigenvalue weighted by atomic mass is 10.0. The molecule has 22 heavy (non-hydrogen) atoms. The molecule has 112 valence electrons. The zero-order valence-corrected chi connectivity index (χ0v) is 13.4. The van der Waals surface area contributed by atoms with Gasteiger partial charge in [-0.1, -0.05) is 12.1 Å². The average molecular weight is 294 g/mol. The number of fused-ring (bicyclic) bond motifs is 1. The van der Waals surface area contributed by atoms with Crippen LogP contribution in [0.4, 0.5) is 5.69 Å². The highest BCUT2D eigenvalue weighted by molar-refractivity contribution is 5.85. The predicted molar refractivity (Wildman–Crippen MR) is 91.7 cm³/mol. The van der Waals surface area contributed by atoms with Crippen molar-refractivity contribution >= 4 is 16.7 Å². The molecule has 0 N–H and O–H groups in total. The Hall–Kier alpha value is -2.55. The van der Waals surface area contributed by atoms with E-state index in [1.165, 1.54) is 0 Å². The fraction of sp³-hybridized carbons (Fsp3) is 0.211. The topological polar surface area (TPSA) is 23.8 Å². The molecular formula is C19H20NO2+. The van der Waals surface area contributed by atoms with Crippen LogP contribution in [0.1, 0.15) is 5.76 Å². The van der Waals surface area contributed by atoms with Crippen LogP contribution in [0.3, 0.4) is 0 Å². The van der Waals surface area contributed by atoms with Gasteiger partial charge in [-0.2, -0.15) is 0 Å². The van der Waals surface area contributed by atoms with E-state index in [-0.39, 0.29) is 0 Å². The first-order valence-electron chi connectivity index (χ1n) is 7.28. The Bertz CT molecular complexity index is 808. The second-order valence-electron chi connectivity index (χ2n) is 5.56. The molecule has 0 aliphatic heterocycles. The third-order valence-corrected chi connectivity index (χ3v) is 3.86. The average Bonchev–Trinajstić information content (AvgIpc) is 2.53. The van der Waals surface area contributed by atoms with E-state index >= 15 is 0 Å². The van der Waals surface area contributed by atoms with Crippen molar-refractivity contribution < 1.29 is 9.15 Å². The highest BCUT2D eigenvalue weighted by atomic mass is 16.5. The van der Waals surface area contributed by atoms with Gasteiger partial charge in [0.2, 0.25) is 0 Å². The maximum atomic E-state index is 6.04. The van der Waals surface area contributed by atoms with E-state index in [1.807, 2.05) is 33.2 Å². The van der Waals surface area contributed by atoms with Crippen LogP contribution in [0.2, 0.25) is 0 Å². The van der Waals surface area contributed by atoms with Gasteiger partial charge in [-0.25, -0.2) is 4.42 Å². The molecule has 0 aliphatic rings. The van der Waals surface area contributed by atoms with E-state index in [0.717, 1.165) is 39.3 Å². The number of hydrogen-bond acceptors (Lipinski definition) is 2. The zero-order valence-electron chi connectivity index (χ0n) is 13.4. The summed E-state index contributed by atoms with van der Waals surface area (Å²) in [5.41, 5.74) is 4.27. The van der Waals surface area contributed by atoms with Crippen molar-refractivity contribution in [3.05, 3.63) is 54.3 Å². The minimum Gasteiger partial charge on any atom is -0.497 e. The van der Waals surface area contributed by atoms with E-state index < -0.39 is 0 Å². The fourth-order valence-electron chi connectivity index (χ4n) is 2.54. The molecule has 0 spiro atoms. The van der Waals surface area contributed by atoms with E-state index in [0.29, 0.717) is 0 Å². The molecule has 0 amide bonds. The molecule has 0 unspecified atom stereocenters. The highest BCUT2D eigenvalue weighted by Gasteiger charge is 2.17. The van der Waals surface area contributed by atoms with Gasteiger partial charge in [-0.3, -0.25) is 0 Å². The van der Waals surface area contributed by atoms with Crippen LogP contribution in [0.25, 0.3) is 22.1 Å². The summed E-state index contributed by atoms with van der Waals surface area (Å²) >= 11 is 0. The minimum absolute atomic E-state index is 0.856. The van der Waals surface area contributed by atoms with Gasteiger partial charge in [-0.05, 0) is 35.9 Å². The molecule has 0 bridgehead atoms. The number of hydrogen-bond donors (Lipinski definition) is 0. The van der Waals surface area contributed by atoms with Crippen LogP contribution in [-0.2, 0) is 0 Å². The molecule has 1 heterocycles. The number of methoxy groups -OCH3 is 1. The summed E-state index contributed by atoms with van der Waals surface area (Å²) in [5.74, 6) is 1.77. The number of anilines is 1. The molecular weight excluding hydrogens is 274 g/mol. The predicted octanol–water partition coefficient (Wildman–Crippen LogP) is 4.76. The molecule has 0 radical (unpaired) electrons. The van der Waals surface area contributed by atoms with Crippen molar-refractivity contribution in [3.63, 3.8) is 0 Å². The third-order valence-electron chi connectivity index (χ3n) is 3.86. The van der Waals surface area contributed by atoms with Crippen LogP contribution < -0.4 is 9.64 Å². The Kier molecular flexibility index (Phi) is 3.72. The van der Waals surface area contributed by atoms with Crippen molar-refractivity contribution in [2.75, 3.05) is 26.1 Å². The Balaban J connectivity index is 2.10. The summed E-state index contributed by atoms with van der Waals surface area (Å²) in [6, 6.07) is 16.5. The number of rotatable bonds is 3. The molecule has 0 saturated carbocycles. The van der Waals surface area contributed by atoms with Crippen molar-refractivity contribution in [2.24, 2.45) is 0 Å². The van der Waals surface area contributed by atoms with E-state index in [2.05, 4.69) is 41.3 Å². The van der Waals surface area contributed by atoms with Crippen molar-refractivity contribution in [3.8, 4) is 16.9 Å². The van der Waals surface area contributed by atoms with Gasteiger partial charge in [-0.15, -0.1) is 0 Å². The Morgan fingerprint density at radius 3 is 2.32 bits per heavy atom. The molecule has 3 aromatic rings. The molecule has 0 saturated heterocycles. The lowest BCUT2D eigenvalue weighted by Crippen LogP contribution is -2.08. The second-order valence-corrected chi connectivity index (χ2v) is 5.56. The smallest absolute Gasteiger partial charge is 0.362 e. The standard InChI is InChI=1S/C19H20NO2/c1-13-18(14-6-9-17(21-4)10-7-14)11-15-5-8-16(20(2)3)12-19(15)22-13/h5-12H,1-4H3/q+1. The van der Waals surface area contributed by atoms with Gasteiger partial charge in [0.15, 0.2) is 0 Å². The second kappa shape index (κ2) is 5.68. The summed E-state index contributed by atoms with van der Waals surface area (Å²) in [7, 11) is 5.73. The molecule has 3 nitrogen and oxygen atoms in total. The summed E-state index contributed by atoms with van der Waals surface area (Å²) in [5, 5.41) is 1.10. The molecule has 3 heteroatoms. The van der Waals surface area contributed by atoms with Gasteiger partial charge in [0, 0.05) is 19.8 Å². The zero-order chi connectivity index (χ0) is 15.7. The highest BCUT2D eigenvalue weighted by Crippen LogP contribution is 2.31. The largest absolute Gasteiger partial charge is 0.497 e. The molecule has 0 fully saturated rings. The Morgan fingerprint density at radius 1 is 0.955 bits per heavy atom. The number of aryl methyl sites for hydroxylation is 1. The SMILES string of the molecule is COc1ccc(-c2cc3ccc(N(C)C)cc3[o+]c2C)cc1. The van der Waals surface area contributed by atoms with Crippen LogP contribution in [0.15, 0.2) is 52.9 Å². The van der Waals surface area contributed by atoms with Crippen molar-refractivity contribution in [1.29, 1.82) is 0 Å². The van der Waals surface area contributed by atoms with Gasteiger partial charge < -0.3 is 9.64 Å². The molecule has 0 aliphatic carbocycles. The summed E-state index contributed by atoms with van der Waals surface area (Å²) in [6.07, 6.45) is 0. The van der Waals surface area contributed by atoms with E-state index in [4.69, 9.17) is 9.15 Å². The van der Waals surface area contributed by atoms with Crippen LogP contribution in [0, 0.1) is 6.92 Å². The normalized spacial score (nSPS) is 10.7. The van der Waals surface area contributed by atoms with E-state index in [9.17, 15) is 0 Å². The lowest BCUT2D eigenvalue weighted by Gasteiger charge is -2.10. The Labute approximate surface area is 130 Å². The molecule has 2 aromatic carbocycles. The van der Waals surface area contributed by atoms with Crippen LogP contribution in [-0.4, -0.2) is 21.2 Å². The first-order chi connectivity index (χ1) is 10.6. The van der Waals surface area contributed by atoms with Crippen molar-refractivity contribution in [1.82, 2.24) is 0 Å². The molecule has 0 atom stereocenters. The molecule has 1 aromatic heterocycles.